The van der Waals surface area contributed by atoms with Gasteiger partial charge >= 0.3 is 6.55 Å². The van der Waals surface area contributed by atoms with Crippen LogP contribution in [0.5, 0.6) is 0 Å². The van der Waals surface area contributed by atoms with Crippen molar-refractivity contribution in [3.05, 3.63) is 59.6 Å². The molecule has 1 unspecified atom stereocenters. The molecule has 0 aliphatic carbocycles. The number of hydrogen-bond donors (Lipinski definition) is 1. The van der Waals surface area contributed by atoms with E-state index in [0.717, 1.165) is 11.1 Å². The van der Waals surface area contributed by atoms with Crippen molar-refractivity contribution in [3.63, 3.8) is 0 Å². The second-order valence-electron chi connectivity index (χ2n) is 7.75. The van der Waals surface area contributed by atoms with Crippen LogP contribution in [-0.4, -0.2) is 50.0 Å². The normalized spacial score (nSPS) is 21.1. The Balaban J connectivity index is 1.67. The second kappa shape index (κ2) is 7.87. The zero-order valence-corrected chi connectivity index (χ0v) is 18.0. The summed E-state index contributed by atoms with van der Waals surface area (Å²) >= 11 is 5.95. The van der Waals surface area contributed by atoms with Gasteiger partial charge in [0.1, 0.15) is 0 Å². The molecule has 34 heavy (non-hydrogen) atoms. The highest BCUT2D eigenvalue weighted by molar-refractivity contribution is 6.30. The van der Waals surface area contributed by atoms with E-state index in [1.165, 1.54) is 42.9 Å². The van der Waals surface area contributed by atoms with Crippen LogP contribution in [0.15, 0.2) is 49.1 Å². The Bertz CT molecular complexity index is 1450. The maximum Gasteiger partial charge on any atom is 0.333 e. The average molecular weight is 490 g/mol. The van der Waals surface area contributed by atoms with Gasteiger partial charge in [-0.05, 0) is 23.8 Å². The largest absolute Gasteiger partial charge is 0.333 e. The summed E-state index contributed by atoms with van der Waals surface area (Å²) in [7, 11) is 0. The molecule has 5 rings (SSSR count). The molecule has 1 aromatic carbocycles. The highest BCUT2D eigenvalue weighted by Crippen LogP contribution is 2.45. The Labute approximate surface area is 201 Å². The molecule has 2 aliphatic rings. The van der Waals surface area contributed by atoms with E-state index in [1.807, 2.05) is 0 Å². The lowest BCUT2D eigenvalue weighted by Gasteiger charge is -2.47. The number of fused-ring (bicyclic) bond motifs is 3. The number of rotatable bonds is 4. The van der Waals surface area contributed by atoms with Gasteiger partial charge in [0, 0.05) is 41.9 Å². The Morgan fingerprint density at radius 1 is 1.24 bits per heavy atom. The highest BCUT2D eigenvalue weighted by atomic mass is 35.5. The summed E-state index contributed by atoms with van der Waals surface area (Å²) in [5.41, 5.74) is -1.67. The van der Waals surface area contributed by atoms with Crippen LogP contribution in [0, 0.1) is 0 Å². The number of benzene rings is 1. The fourth-order valence-electron chi connectivity index (χ4n) is 4.24. The van der Waals surface area contributed by atoms with Gasteiger partial charge < -0.3 is 10.2 Å². The molecule has 1 N–H and O–H groups in total. The van der Waals surface area contributed by atoms with E-state index in [0.29, 0.717) is 15.1 Å². The number of anilines is 2. The average Bonchev–Trinajstić information content (AvgIpc) is 3.44. The molecule has 2 aliphatic heterocycles. The van der Waals surface area contributed by atoms with Crippen LogP contribution in [0.1, 0.15) is 33.9 Å². The molecule has 0 spiro atoms. The van der Waals surface area contributed by atoms with Crippen LogP contribution < -0.4 is 10.2 Å². The fraction of sp³-hybridized carbons (Fsp3) is 0.227. The van der Waals surface area contributed by atoms with Crippen LogP contribution in [-0.2, 0) is 9.59 Å². The van der Waals surface area contributed by atoms with Crippen LogP contribution >= 0.6 is 11.6 Å². The Hall–Kier alpha value is -3.86. The van der Waals surface area contributed by atoms with E-state index in [2.05, 4.69) is 15.4 Å². The number of carbonyl (C=O) groups is 3. The third-order valence-electron chi connectivity index (χ3n) is 5.81. The SMILES string of the molecule is [2H]C([2H])([2H])N1C(=O)c2ccc(-c3cnn(C(F)F)c3)cc2N2C(=O)CCC21C(=O)Nc1cncc(Cl)c1. The monoisotopic (exact) mass is 489 g/mol. The molecule has 1 fully saturated rings. The topological polar surface area (TPSA) is 100 Å². The maximum absolute atomic E-state index is 13.8. The summed E-state index contributed by atoms with van der Waals surface area (Å²) in [6.07, 6.45) is 4.35. The molecule has 3 amide bonds. The van der Waals surface area contributed by atoms with Gasteiger partial charge in [-0.25, -0.2) is 4.68 Å². The van der Waals surface area contributed by atoms with Crippen molar-refractivity contribution in [1.29, 1.82) is 0 Å². The highest BCUT2D eigenvalue weighted by Gasteiger charge is 2.59. The third kappa shape index (κ3) is 3.23. The number of aromatic nitrogens is 3. The van der Waals surface area contributed by atoms with E-state index in [1.54, 1.807) is 0 Å². The number of halogens is 3. The van der Waals surface area contributed by atoms with Gasteiger partial charge in [0.2, 0.25) is 11.6 Å². The number of nitrogens with one attached hydrogen (secondary N) is 1. The number of alkyl halides is 2. The number of nitrogens with zero attached hydrogens (tertiary/aromatic N) is 5. The lowest BCUT2D eigenvalue weighted by molar-refractivity contribution is -0.128. The van der Waals surface area contributed by atoms with Crippen molar-refractivity contribution >= 4 is 40.7 Å². The van der Waals surface area contributed by atoms with Crippen molar-refractivity contribution in [2.24, 2.45) is 0 Å². The van der Waals surface area contributed by atoms with Gasteiger partial charge in [-0.2, -0.15) is 13.9 Å². The molecule has 2 aromatic heterocycles. The maximum atomic E-state index is 13.8. The van der Waals surface area contributed by atoms with Crippen LogP contribution in [0.2, 0.25) is 5.02 Å². The van der Waals surface area contributed by atoms with Crippen molar-refractivity contribution in [2.45, 2.75) is 25.1 Å². The van der Waals surface area contributed by atoms with Crippen LogP contribution in [0.4, 0.5) is 20.2 Å². The van der Waals surface area contributed by atoms with E-state index >= 15 is 0 Å². The number of amides is 3. The van der Waals surface area contributed by atoms with E-state index in [-0.39, 0.29) is 40.4 Å². The third-order valence-corrected chi connectivity index (χ3v) is 6.02. The predicted octanol–water partition coefficient (Wildman–Crippen LogP) is 3.54. The molecule has 12 heteroatoms. The number of likely N-dealkylation sites (N-methyl/N-ethyl adjacent to an activating group) is 1. The van der Waals surface area contributed by atoms with E-state index in [9.17, 15) is 23.2 Å². The molecular formula is C22H17ClF2N6O3. The van der Waals surface area contributed by atoms with Crippen LogP contribution in [0.25, 0.3) is 11.1 Å². The fourth-order valence-corrected chi connectivity index (χ4v) is 4.42. The molecule has 174 valence electrons. The van der Waals surface area contributed by atoms with Gasteiger partial charge in [0.15, 0.2) is 0 Å². The van der Waals surface area contributed by atoms with Gasteiger partial charge in [-0.1, -0.05) is 17.7 Å². The number of carbonyl (C=O) groups excluding carboxylic acids is 3. The molecular weight excluding hydrogens is 470 g/mol. The molecule has 1 saturated heterocycles. The van der Waals surface area contributed by atoms with E-state index in [4.69, 9.17) is 15.7 Å². The van der Waals surface area contributed by atoms with Gasteiger partial charge in [0.05, 0.1) is 34.4 Å². The molecule has 0 bridgehead atoms. The molecule has 0 radical (unpaired) electrons. The quantitative estimate of drug-likeness (QED) is 0.604. The molecule has 3 aromatic rings. The molecule has 0 saturated carbocycles. The Morgan fingerprint density at radius 3 is 2.76 bits per heavy atom. The summed E-state index contributed by atoms with van der Waals surface area (Å²) in [6, 6.07) is 5.47. The zero-order valence-electron chi connectivity index (χ0n) is 20.2. The first-order valence-corrected chi connectivity index (χ1v) is 10.4. The van der Waals surface area contributed by atoms with Crippen molar-refractivity contribution < 1.29 is 27.3 Å². The first-order chi connectivity index (χ1) is 17.4. The second-order valence-corrected chi connectivity index (χ2v) is 8.19. The van der Waals surface area contributed by atoms with Gasteiger partial charge in [-0.15, -0.1) is 0 Å². The Kier molecular flexibility index (Phi) is 4.30. The van der Waals surface area contributed by atoms with Gasteiger partial charge in [0.25, 0.3) is 11.8 Å². The summed E-state index contributed by atoms with van der Waals surface area (Å²) < 4.78 is 50.7. The standard InChI is InChI=1S/C22H17ClF2N6O3/c1-29-19(33)16-3-2-12(13-8-27-30(11-13)21(24)25)6-17(16)31-18(32)4-5-22(29,31)20(34)28-15-7-14(23)9-26-10-15/h2-3,6-11,21H,4-5H2,1H3,(H,28,34)/i1D3. The van der Waals surface area contributed by atoms with Crippen LogP contribution in [0.3, 0.4) is 0 Å². The summed E-state index contributed by atoms with van der Waals surface area (Å²) in [5.74, 6) is -2.54. The number of pyridine rings is 1. The summed E-state index contributed by atoms with van der Waals surface area (Å²) in [4.78, 5) is 45.8. The lowest BCUT2D eigenvalue weighted by atomic mass is 9.94. The summed E-state index contributed by atoms with van der Waals surface area (Å²) in [6.45, 7) is -5.98. The molecule has 1 atom stereocenters. The van der Waals surface area contributed by atoms with Gasteiger partial charge in [-0.3, -0.25) is 24.3 Å². The molecule has 9 nitrogen and oxygen atoms in total. The minimum absolute atomic E-state index is 0.0188. The lowest BCUT2D eigenvalue weighted by Crippen LogP contribution is -2.68. The Morgan fingerprint density at radius 2 is 2.06 bits per heavy atom. The first kappa shape index (κ1) is 18.6. The smallest absolute Gasteiger partial charge is 0.321 e. The van der Waals surface area contributed by atoms with Crippen molar-refractivity contribution in [3.8, 4) is 11.1 Å². The summed E-state index contributed by atoms with van der Waals surface area (Å²) in [5, 5.41) is 6.32. The molecule has 4 heterocycles. The predicted molar refractivity (Wildman–Crippen MR) is 118 cm³/mol. The number of hydrogen-bond acceptors (Lipinski definition) is 5. The zero-order chi connectivity index (χ0) is 26.7. The minimum Gasteiger partial charge on any atom is -0.321 e. The minimum atomic E-state index is -3.10. The van der Waals surface area contributed by atoms with E-state index < -0.39 is 36.9 Å². The van der Waals surface area contributed by atoms with Crippen molar-refractivity contribution in [1.82, 2.24) is 19.7 Å². The van der Waals surface area contributed by atoms with Crippen molar-refractivity contribution in [2.75, 3.05) is 17.2 Å². The first-order valence-electron chi connectivity index (χ1n) is 11.5.